The molecule has 1 saturated heterocycles. The lowest BCUT2D eigenvalue weighted by atomic mass is 10.0. The van der Waals surface area contributed by atoms with E-state index in [1.807, 2.05) is 4.90 Å². The lowest BCUT2D eigenvalue weighted by Crippen LogP contribution is -2.41. The fourth-order valence-electron chi connectivity index (χ4n) is 2.89. The number of likely N-dealkylation sites (tertiary alicyclic amines) is 1. The number of ether oxygens (including phenoxy) is 3. The monoisotopic (exact) mass is 322 g/mol. The molecule has 1 amide bonds. The first kappa shape index (κ1) is 17.2. The van der Waals surface area contributed by atoms with Crippen LogP contribution in [-0.2, 0) is 4.79 Å². The largest absolute Gasteiger partial charge is 0.493 e. The summed E-state index contributed by atoms with van der Waals surface area (Å²) in [6.45, 7) is 4.13. The van der Waals surface area contributed by atoms with Crippen molar-refractivity contribution in [3.63, 3.8) is 0 Å². The maximum Gasteiger partial charge on any atom is 0.241 e. The molecule has 1 unspecified atom stereocenters. The topological polar surface area (TPSA) is 60.0 Å². The Hall–Kier alpha value is -2.11. The minimum Gasteiger partial charge on any atom is -0.493 e. The van der Waals surface area contributed by atoms with Gasteiger partial charge in [-0.3, -0.25) is 4.79 Å². The van der Waals surface area contributed by atoms with Crippen molar-refractivity contribution in [3.8, 4) is 17.2 Å². The van der Waals surface area contributed by atoms with Crippen molar-refractivity contribution < 1.29 is 19.0 Å². The van der Waals surface area contributed by atoms with Gasteiger partial charge in [0, 0.05) is 30.9 Å². The van der Waals surface area contributed by atoms with Crippen molar-refractivity contribution in [3.05, 3.63) is 12.1 Å². The second-order valence-corrected chi connectivity index (χ2v) is 5.85. The van der Waals surface area contributed by atoms with Crippen LogP contribution in [0.1, 0.15) is 19.8 Å². The number of methoxy groups -OCH3 is 3. The highest BCUT2D eigenvalue weighted by Gasteiger charge is 2.21. The first-order valence-electron chi connectivity index (χ1n) is 7.90. The molecule has 1 N–H and O–H groups in total. The Morgan fingerprint density at radius 1 is 1.22 bits per heavy atom. The quantitative estimate of drug-likeness (QED) is 0.871. The summed E-state index contributed by atoms with van der Waals surface area (Å²) in [6, 6.07) is 3.60. The van der Waals surface area contributed by atoms with Crippen LogP contribution in [0.15, 0.2) is 12.1 Å². The summed E-state index contributed by atoms with van der Waals surface area (Å²) in [4.78, 5) is 14.3. The molecule has 0 radical (unpaired) electrons. The molecular weight excluding hydrogens is 296 g/mol. The Morgan fingerprint density at radius 2 is 1.87 bits per heavy atom. The Balaban J connectivity index is 2.03. The van der Waals surface area contributed by atoms with Crippen LogP contribution < -0.4 is 19.5 Å². The molecule has 2 rings (SSSR count). The summed E-state index contributed by atoms with van der Waals surface area (Å²) in [5.41, 5.74) is 0.762. The highest BCUT2D eigenvalue weighted by Crippen LogP contribution is 2.39. The number of carbonyl (C=O) groups is 1. The summed E-state index contributed by atoms with van der Waals surface area (Å²) >= 11 is 0. The highest BCUT2D eigenvalue weighted by atomic mass is 16.5. The van der Waals surface area contributed by atoms with Crippen molar-refractivity contribution >= 4 is 11.6 Å². The molecular formula is C17H26N2O4. The van der Waals surface area contributed by atoms with E-state index in [2.05, 4.69) is 12.2 Å². The minimum atomic E-state index is 0.116. The van der Waals surface area contributed by atoms with E-state index < -0.39 is 0 Å². The molecule has 1 aliphatic heterocycles. The summed E-state index contributed by atoms with van der Waals surface area (Å²) in [7, 11) is 4.71. The summed E-state index contributed by atoms with van der Waals surface area (Å²) in [6.07, 6.45) is 2.28. The van der Waals surface area contributed by atoms with Crippen LogP contribution in [0.25, 0.3) is 0 Å². The average molecular weight is 322 g/mol. The molecule has 1 heterocycles. The number of carbonyl (C=O) groups excluding carboxylic acids is 1. The van der Waals surface area contributed by atoms with Crippen LogP contribution in [0.5, 0.6) is 17.2 Å². The second-order valence-electron chi connectivity index (χ2n) is 5.85. The van der Waals surface area contributed by atoms with E-state index in [1.54, 1.807) is 33.5 Å². The third-order valence-electron chi connectivity index (χ3n) is 4.12. The van der Waals surface area contributed by atoms with Crippen LogP contribution >= 0.6 is 0 Å². The van der Waals surface area contributed by atoms with Crippen molar-refractivity contribution in [2.24, 2.45) is 5.92 Å². The fourth-order valence-corrected chi connectivity index (χ4v) is 2.89. The molecule has 6 nitrogen and oxygen atoms in total. The van der Waals surface area contributed by atoms with E-state index in [1.165, 1.54) is 6.42 Å². The van der Waals surface area contributed by atoms with Crippen molar-refractivity contribution in [1.29, 1.82) is 0 Å². The third kappa shape index (κ3) is 4.21. The van der Waals surface area contributed by atoms with Gasteiger partial charge in [-0.15, -0.1) is 0 Å². The van der Waals surface area contributed by atoms with Gasteiger partial charge in [0.05, 0.1) is 27.9 Å². The molecule has 0 aromatic heterocycles. The first-order valence-corrected chi connectivity index (χ1v) is 7.90. The third-order valence-corrected chi connectivity index (χ3v) is 4.12. The number of piperidine rings is 1. The van der Waals surface area contributed by atoms with Crippen molar-refractivity contribution in [2.75, 3.05) is 46.3 Å². The average Bonchev–Trinajstić information content (AvgIpc) is 2.58. The molecule has 0 spiro atoms. The van der Waals surface area contributed by atoms with E-state index >= 15 is 0 Å². The molecule has 1 aromatic rings. The van der Waals surface area contributed by atoms with Crippen LogP contribution in [0.3, 0.4) is 0 Å². The van der Waals surface area contributed by atoms with E-state index in [0.29, 0.717) is 23.2 Å². The predicted molar refractivity (Wildman–Crippen MR) is 89.6 cm³/mol. The molecule has 1 atom stereocenters. The van der Waals surface area contributed by atoms with Crippen LogP contribution in [0, 0.1) is 5.92 Å². The van der Waals surface area contributed by atoms with Crippen LogP contribution in [0.4, 0.5) is 5.69 Å². The molecule has 0 aliphatic carbocycles. The Morgan fingerprint density at radius 3 is 2.39 bits per heavy atom. The van der Waals surface area contributed by atoms with Gasteiger partial charge in [-0.25, -0.2) is 0 Å². The zero-order valence-corrected chi connectivity index (χ0v) is 14.3. The van der Waals surface area contributed by atoms with Gasteiger partial charge in [-0.2, -0.15) is 0 Å². The normalized spacial score (nSPS) is 17.6. The zero-order valence-electron chi connectivity index (χ0n) is 14.3. The first-order chi connectivity index (χ1) is 11.1. The number of nitrogens with one attached hydrogen (secondary N) is 1. The van der Waals surface area contributed by atoms with Gasteiger partial charge >= 0.3 is 0 Å². The smallest absolute Gasteiger partial charge is 0.241 e. The number of hydrogen-bond donors (Lipinski definition) is 1. The number of amides is 1. The van der Waals surface area contributed by atoms with Gasteiger partial charge < -0.3 is 24.4 Å². The highest BCUT2D eigenvalue weighted by molar-refractivity contribution is 5.81. The lowest BCUT2D eigenvalue weighted by molar-refractivity contribution is -0.130. The summed E-state index contributed by atoms with van der Waals surface area (Å²) < 4.78 is 15.9. The second kappa shape index (κ2) is 7.94. The number of benzene rings is 1. The molecule has 1 fully saturated rings. The Bertz CT molecular complexity index is 522. The maximum atomic E-state index is 12.3. The van der Waals surface area contributed by atoms with Gasteiger partial charge in [0.25, 0.3) is 0 Å². The molecule has 1 aromatic carbocycles. The number of anilines is 1. The summed E-state index contributed by atoms with van der Waals surface area (Å²) in [5.74, 6) is 2.36. The number of hydrogen-bond acceptors (Lipinski definition) is 5. The van der Waals surface area contributed by atoms with Crippen LogP contribution in [0.2, 0.25) is 0 Å². The SMILES string of the molecule is COc1cc(NCC(=O)N2CCCC(C)C2)cc(OC)c1OC. The fraction of sp³-hybridized carbons (Fsp3) is 0.588. The van der Waals surface area contributed by atoms with Gasteiger partial charge in [0.15, 0.2) is 11.5 Å². The zero-order chi connectivity index (χ0) is 16.8. The van der Waals surface area contributed by atoms with E-state index in [-0.39, 0.29) is 12.5 Å². The van der Waals surface area contributed by atoms with Gasteiger partial charge in [-0.1, -0.05) is 6.92 Å². The minimum absolute atomic E-state index is 0.116. The number of nitrogens with zero attached hydrogens (tertiary/aromatic N) is 1. The van der Waals surface area contributed by atoms with Crippen molar-refractivity contribution in [1.82, 2.24) is 4.90 Å². The van der Waals surface area contributed by atoms with Gasteiger partial charge in [-0.05, 0) is 18.8 Å². The van der Waals surface area contributed by atoms with Gasteiger partial charge in [0.1, 0.15) is 0 Å². The maximum absolute atomic E-state index is 12.3. The number of rotatable bonds is 6. The molecule has 1 aliphatic rings. The molecule has 128 valence electrons. The lowest BCUT2D eigenvalue weighted by Gasteiger charge is -2.31. The predicted octanol–water partition coefficient (Wildman–Crippen LogP) is 2.38. The standard InChI is InChI=1S/C17H26N2O4/c1-12-6-5-7-19(11-12)16(20)10-18-13-8-14(21-2)17(23-4)15(9-13)22-3/h8-9,12,18H,5-7,10-11H2,1-4H3. The Kier molecular flexibility index (Phi) is 5.96. The van der Waals surface area contributed by atoms with E-state index in [4.69, 9.17) is 14.2 Å². The van der Waals surface area contributed by atoms with Gasteiger partial charge in [0.2, 0.25) is 11.7 Å². The van der Waals surface area contributed by atoms with E-state index in [0.717, 1.165) is 25.2 Å². The summed E-state index contributed by atoms with van der Waals surface area (Å²) in [5, 5.41) is 3.15. The van der Waals surface area contributed by atoms with E-state index in [9.17, 15) is 4.79 Å². The molecule has 6 heteroatoms. The van der Waals surface area contributed by atoms with Crippen LogP contribution in [-0.4, -0.2) is 51.8 Å². The van der Waals surface area contributed by atoms with Crippen molar-refractivity contribution in [2.45, 2.75) is 19.8 Å². The Labute approximate surface area is 137 Å². The molecule has 0 bridgehead atoms. The molecule has 0 saturated carbocycles. The molecule has 23 heavy (non-hydrogen) atoms.